The highest BCUT2D eigenvalue weighted by Crippen LogP contribution is 2.35. The van der Waals surface area contributed by atoms with Gasteiger partial charge < -0.3 is 5.73 Å². The molecule has 2 aromatic heterocycles. The van der Waals surface area contributed by atoms with Crippen LogP contribution in [0.25, 0.3) is 10.4 Å². The fraction of sp³-hybridized carbons (Fsp3) is 0.111. The van der Waals surface area contributed by atoms with Crippen LogP contribution in [0.1, 0.15) is 4.88 Å². The highest BCUT2D eigenvalue weighted by atomic mass is 79.9. The van der Waals surface area contributed by atoms with Crippen LogP contribution in [-0.4, -0.2) is 0 Å². The Morgan fingerprint density at radius 1 is 1.31 bits per heavy atom. The van der Waals surface area contributed by atoms with Gasteiger partial charge in [-0.25, -0.2) is 0 Å². The van der Waals surface area contributed by atoms with Gasteiger partial charge >= 0.3 is 0 Å². The second kappa shape index (κ2) is 3.92. The summed E-state index contributed by atoms with van der Waals surface area (Å²) in [5.41, 5.74) is 6.83. The molecule has 0 bridgehead atoms. The third-order valence-electron chi connectivity index (χ3n) is 1.74. The van der Waals surface area contributed by atoms with Gasteiger partial charge in [0.25, 0.3) is 0 Å². The van der Waals surface area contributed by atoms with Crippen molar-refractivity contribution in [3.8, 4) is 10.4 Å². The molecule has 0 amide bonds. The molecule has 0 saturated carbocycles. The lowest BCUT2D eigenvalue weighted by Gasteiger charge is -1.92. The van der Waals surface area contributed by atoms with Crippen molar-refractivity contribution in [2.45, 2.75) is 6.54 Å². The highest BCUT2D eigenvalue weighted by Gasteiger charge is 2.06. The number of nitrogens with two attached hydrogens (primary N) is 1. The molecule has 2 rings (SSSR count). The standard InChI is InChI=1S/C9H8BrNS2/c10-8-5-12-4-7(8)9-2-1-6(3-11)13-9/h1-2,4-5H,3,11H2. The second-order valence-electron chi connectivity index (χ2n) is 2.60. The molecule has 2 aromatic rings. The molecule has 0 unspecified atom stereocenters. The number of rotatable bonds is 2. The number of thiophene rings is 2. The molecular formula is C9H8BrNS2. The van der Waals surface area contributed by atoms with Crippen LogP contribution in [0.2, 0.25) is 0 Å². The predicted octanol–water partition coefficient (Wildman–Crippen LogP) is 3.70. The lowest BCUT2D eigenvalue weighted by molar-refractivity contribution is 1.11. The first-order chi connectivity index (χ1) is 6.31. The summed E-state index contributed by atoms with van der Waals surface area (Å²) in [5.74, 6) is 0. The Kier molecular flexibility index (Phi) is 2.83. The van der Waals surface area contributed by atoms with Gasteiger partial charge in [-0.1, -0.05) is 0 Å². The lowest BCUT2D eigenvalue weighted by atomic mass is 10.3. The number of hydrogen-bond donors (Lipinski definition) is 1. The number of halogens is 1. The van der Waals surface area contributed by atoms with Gasteiger partial charge in [-0.15, -0.1) is 11.3 Å². The smallest absolute Gasteiger partial charge is 0.0368 e. The van der Waals surface area contributed by atoms with Crippen LogP contribution in [-0.2, 0) is 6.54 Å². The molecular weight excluding hydrogens is 266 g/mol. The molecule has 0 aliphatic carbocycles. The van der Waals surface area contributed by atoms with E-state index in [4.69, 9.17) is 5.73 Å². The molecule has 4 heteroatoms. The number of hydrogen-bond acceptors (Lipinski definition) is 3. The van der Waals surface area contributed by atoms with Gasteiger partial charge in [-0.05, 0) is 28.1 Å². The normalized spacial score (nSPS) is 10.6. The molecule has 2 heterocycles. The Morgan fingerprint density at radius 3 is 2.69 bits per heavy atom. The van der Waals surface area contributed by atoms with E-state index in [0.29, 0.717) is 6.54 Å². The molecule has 2 N–H and O–H groups in total. The Bertz CT molecular complexity index is 405. The monoisotopic (exact) mass is 273 g/mol. The van der Waals surface area contributed by atoms with Crippen LogP contribution in [0.3, 0.4) is 0 Å². The summed E-state index contributed by atoms with van der Waals surface area (Å²) < 4.78 is 1.17. The molecule has 0 aliphatic rings. The summed E-state index contributed by atoms with van der Waals surface area (Å²) in [7, 11) is 0. The van der Waals surface area contributed by atoms with E-state index in [9.17, 15) is 0 Å². The Morgan fingerprint density at radius 2 is 2.15 bits per heavy atom. The minimum Gasteiger partial charge on any atom is -0.326 e. The van der Waals surface area contributed by atoms with Crippen molar-refractivity contribution in [3.63, 3.8) is 0 Å². The van der Waals surface area contributed by atoms with Crippen LogP contribution < -0.4 is 5.73 Å². The van der Waals surface area contributed by atoms with Crippen molar-refractivity contribution in [3.05, 3.63) is 32.2 Å². The second-order valence-corrected chi connectivity index (χ2v) is 5.37. The maximum absolute atomic E-state index is 5.56. The zero-order chi connectivity index (χ0) is 9.26. The van der Waals surface area contributed by atoms with Crippen LogP contribution in [0.4, 0.5) is 0 Å². The molecule has 0 saturated heterocycles. The summed E-state index contributed by atoms with van der Waals surface area (Å²) in [6.45, 7) is 0.631. The molecule has 1 nitrogen and oxygen atoms in total. The largest absolute Gasteiger partial charge is 0.326 e. The van der Waals surface area contributed by atoms with E-state index >= 15 is 0 Å². The molecule has 0 aliphatic heterocycles. The van der Waals surface area contributed by atoms with Crippen LogP contribution in [0.15, 0.2) is 27.4 Å². The summed E-state index contributed by atoms with van der Waals surface area (Å²) in [6, 6.07) is 4.21. The van der Waals surface area contributed by atoms with Gasteiger partial charge in [-0.2, -0.15) is 11.3 Å². The van der Waals surface area contributed by atoms with Gasteiger partial charge in [0.05, 0.1) is 0 Å². The van der Waals surface area contributed by atoms with Crippen molar-refractivity contribution in [1.82, 2.24) is 0 Å². The third kappa shape index (κ3) is 1.86. The van der Waals surface area contributed by atoms with Gasteiger partial charge in [0, 0.05) is 37.1 Å². The Balaban J connectivity index is 2.41. The van der Waals surface area contributed by atoms with Crippen LogP contribution >= 0.6 is 38.6 Å². The van der Waals surface area contributed by atoms with E-state index in [2.05, 4.69) is 38.8 Å². The minimum absolute atomic E-state index is 0.631. The van der Waals surface area contributed by atoms with Gasteiger partial charge in [0.1, 0.15) is 0 Å². The first kappa shape index (κ1) is 9.40. The summed E-state index contributed by atoms with van der Waals surface area (Å²) in [4.78, 5) is 2.52. The minimum atomic E-state index is 0.631. The maximum Gasteiger partial charge on any atom is 0.0368 e. The quantitative estimate of drug-likeness (QED) is 0.887. The Labute approximate surface area is 93.3 Å². The lowest BCUT2D eigenvalue weighted by Crippen LogP contribution is -1.90. The third-order valence-corrected chi connectivity index (χ3v) is 4.59. The zero-order valence-corrected chi connectivity index (χ0v) is 10.0. The summed E-state index contributed by atoms with van der Waals surface area (Å²) in [6.07, 6.45) is 0. The molecule has 0 aromatic carbocycles. The van der Waals surface area contributed by atoms with Gasteiger partial charge in [0.2, 0.25) is 0 Å². The topological polar surface area (TPSA) is 26.0 Å². The van der Waals surface area contributed by atoms with Crippen molar-refractivity contribution in [2.24, 2.45) is 5.73 Å². The molecule has 0 radical (unpaired) electrons. The van der Waals surface area contributed by atoms with E-state index in [1.165, 1.54) is 19.8 Å². The average Bonchev–Trinajstić information content (AvgIpc) is 2.71. The molecule has 13 heavy (non-hydrogen) atoms. The van der Waals surface area contributed by atoms with Crippen molar-refractivity contribution < 1.29 is 0 Å². The van der Waals surface area contributed by atoms with E-state index in [1.807, 2.05) is 0 Å². The molecule has 0 fully saturated rings. The highest BCUT2D eigenvalue weighted by molar-refractivity contribution is 9.10. The van der Waals surface area contributed by atoms with Gasteiger partial charge in [0.15, 0.2) is 0 Å². The fourth-order valence-corrected chi connectivity index (χ4v) is 3.72. The van der Waals surface area contributed by atoms with Gasteiger partial charge in [-0.3, -0.25) is 0 Å². The predicted molar refractivity (Wildman–Crippen MR) is 63.2 cm³/mol. The molecule has 0 spiro atoms. The van der Waals surface area contributed by atoms with Crippen molar-refractivity contribution in [1.29, 1.82) is 0 Å². The van der Waals surface area contributed by atoms with E-state index in [-0.39, 0.29) is 0 Å². The molecule has 68 valence electrons. The summed E-state index contributed by atoms with van der Waals surface area (Å²) in [5, 5.41) is 4.24. The maximum atomic E-state index is 5.56. The zero-order valence-electron chi connectivity index (χ0n) is 6.79. The van der Waals surface area contributed by atoms with Crippen LogP contribution in [0.5, 0.6) is 0 Å². The van der Waals surface area contributed by atoms with Crippen molar-refractivity contribution >= 4 is 38.6 Å². The average molecular weight is 274 g/mol. The van der Waals surface area contributed by atoms with E-state index < -0.39 is 0 Å². The molecule has 0 atom stereocenters. The first-order valence-electron chi connectivity index (χ1n) is 3.82. The SMILES string of the molecule is NCc1ccc(-c2cscc2Br)s1. The Hall–Kier alpha value is -0.160. The summed E-state index contributed by atoms with van der Waals surface area (Å²) >= 11 is 6.98. The van der Waals surface area contributed by atoms with Crippen LogP contribution in [0, 0.1) is 0 Å². The van der Waals surface area contributed by atoms with Crippen molar-refractivity contribution in [2.75, 3.05) is 0 Å². The fourth-order valence-electron chi connectivity index (χ4n) is 1.09. The van der Waals surface area contributed by atoms with E-state index in [1.54, 1.807) is 22.7 Å². The first-order valence-corrected chi connectivity index (χ1v) is 6.37. The van der Waals surface area contributed by atoms with E-state index in [0.717, 1.165) is 0 Å².